The van der Waals surface area contributed by atoms with E-state index >= 15 is 0 Å². The lowest BCUT2D eigenvalue weighted by molar-refractivity contribution is 0.283. The molecule has 0 aliphatic carbocycles. The Labute approximate surface area is 247 Å². The smallest absolute Gasteiger partial charge is 0.246 e. The van der Waals surface area contributed by atoms with Crippen molar-refractivity contribution >= 4 is 42.7 Å². The number of halogens is 1. The Morgan fingerprint density at radius 3 is 1.88 bits per heavy atom. The monoisotopic (exact) mass is 624 g/mol. The number of rotatable bonds is 9. The summed E-state index contributed by atoms with van der Waals surface area (Å²) >= 11 is 6.11. The van der Waals surface area contributed by atoms with E-state index in [1.807, 2.05) is 12.1 Å². The molecule has 224 valence electrons. The summed E-state index contributed by atoms with van der Waals surface area (Å²) in [5, 5.41) is 0.620. The Hall–Kier alpha value is -2.38. The summed E-state index contributed by atoms with van der Waals surface area (Å²) in [6.45, 7) is 7.32. The van der Waals surface area contributed by atoms with Gasteiger partial charge in [-0.3, -0.25) is 0 Å². The van der Waals surface area contributed by atoms with Crippen LogP contribution in [0.4, 0.5) is 0 Å². The van der Waals surface area contributed by atoms with E-state index in [4.69, 9.17) is 21.1 Å². The van der Waals surface area contributed by atoms with Gasteiger partial charge in [0, 0.05) is 49.3 Å². The Balaban J connectivity index is 1.43. The maximum Gasteiger partial charge on any atom is 0.246 e. The van der Waals surface area contributed by atoms with Crippen LogP contribution in [0.25, 0.3) is 11.0 Å². The van der Waals surface area contributed by atoms with Crippen molar-refractivity contribution in [2.24, 2.45) is 5.92 Å². The Kier molecular flexibility index (Phi) is 8.87. The molecular weight excluding hydrogens is 588 g/mol. The van der Waals surface area contributed by atoms with Crippen LogP contribution in [0, 0.1) is 5.92 Å². The second-order valence-corrected chi connectivity index (χ2v) is 14.9. The number of nitrogens with zero attached hydrogens (tertiary/aromatic N) is 3. The molecule has 1 N–H and O–H groups in total. The van der Waals surface area contributed by atoms with Crippen LogP contribution in [-0.2, 0) is 20.0 Å². The number of piperidine rings is 2. The molecule has 10 nitrogen and oxygen atoms in total. The van der Waals surface area contributed by atoms with Gasteiger partial charge in [0.15, 0.2) is 0 Å². The zero-order valence-electron chi connectivity index (χ0n) is 23.6. The molecule has 0 atom stereocenters. The van der Waals surface area contributed by atoms with Crippen molar-refractivity contribution in [3.63, 3.8) is 0 Å². The molecule has 3 heterocycles. The van der Waals surface area contributed by atoms with E-state index < -0.39 is 20.0 Å². The minimum atomic E-state index is -4.01. The third-order valence-electron chi connectivity index (χ3n) is 7.89. The molecule has 0 spiro atoms. The zero-order chi connectivity index (χ0) is 29.4. The van der Waals surface area contributed by atoms with E-state index in [0.717, 1.165) is 29.7 Å². The molecule has 2 aromatic carbocycles. The molecule has 0 saturated carbocycles. The number of sulfonamides is 2. The fraction of sp³-hybridized carbons (Fsp3) is 0.536. The van der Waals surface area contributed by atoms with Crippen LogP contribution in [0.5, 0.6) is 11.5 Å². The first-order valence-corrected chi connectivity index (χ1v) is 17.4. The van der Waals surface area contributed by atoms with Gasteiger partial charge in [-0.2, -0.15) is 8.61 Å². The van der Waals surface area contributed by atoms with Crippen molar-refractivity contribution in [2.45, 2.75) is 62.2 Å². The minimum absolute atomic E-state index is 0.0104. The molecule has 41 heavy (non-hydrogen) atoms. The molecule has 0 unspecified atom stereocenters. The number of imidazole rings is 1. The van der Waals surface area contributed by atoms with Gasteiger partial charge in [0.2, 0.25) is 20.0 Å². The largest absolute Gasteiger partial charge is 0.492 e. The predicted molar refractivity (Wildman–Crippen MR) is 158 cm³/mol. The van der Waals surface area contributed by atoms with Crippen LogP contribution in [0.1, 0.15) is 58.2 Å². The second-order valence-electron chi connectivity index (χ2n) is 10.7. The third-order valence-corrected chi connectivity index (χ3v) is 12.0. The van der Waals surface area contributed by atoms with Gasteiger partial charge in [-0.1, -0.05) is 18.5 Å². The maximum absolute atomic E-state index is 14.0. The molecule has 3 aromatic rings. The van der Waals surface area contributed by atoms with E-state index in [-0.39, 0.29) is 53.5 Å². The molecule has 0 bridgehead atoms. The van der Waals surface area contributed by atoms with Crippen LogP contribution in [0.15, 0.2) is 40.1 Å². The van der Waals surface area contributed by atoms with Gasteiger partial charge in [0.1, 0.15) is 27.1 Å². The fourth-order valence-corrected chi connectivity index (χ4v) is 8.90. The molecule has 2 fully saturated rings. The number of H-pyrrole nitrogens is 1. The van der Waals surface area contributed by atoms with Crippen LogP contribution in [0.2, 0.25) is 5.02 Å². The average Bonchev–Trinajstić information content (AvgIpc) is 3.37. The second kappa shape index (κ2) is 12.1. The standard InChI is InChI=1S/C28H37ClN4O6S2/c1-4-38-24-18-27(25(39-5-2)17-26(24)40(34,35)32-12-8-19(3)9-13-32)41(36,37)33-14-10-20(11-15-33)28-30-22-7-6-21(29)16-23(22)31-28/h6-7,16-20H,4-5,8-15H2,1-3H3,(H,30,31). The van der Waals surface area contributed by atoms with Crippen molar-refractivity contribution in [1.82, 2.24) is 18.6 Å². The summed E-state index contributed by atoms with van der Waals surface area (Å²) in [5.41, 5.74) is 1.67. The quantitative estimate of drug-likeness (QED) is 0.355. The summed E-state index contributed by atoms with van der Waals surface area (Å²) in [5.74, 6) is 1.36. The normalized spacial score (nSPS) is 18.6. The number of fused-ring (bicyclic) bond motifs is 1. The summed E-state index contributed by atoms with van der Waals surface area (Å²) in [7, 11) is -7.93. The molecule has 2 aliphatic rings. The first-order valence-electron chi connectivity index (χ1n) is 14.1. The molecule has 2 aliphatic heterocycles. The lowest BCUT2D eigenvalue weighted by Gasteiger charge is -2.32. The van der Waals surface area contributed by atoms with Crippen molar-refractivity contribution in [3.05, 3.63) is 41.2 Å². The van der Waals surface area contributed by atoms with Gasteiger partial charge in [-0.15, -0.1) is 0 Å². The van der Waals surface area contributed by atoms with E-state index in [2.05, 4.69) is 16.9 Å². The van der Waals surface area contributed by atoms with Gasteiger partial charge in [0.05, 0.1) is 24.2 Å². The van der Waals surface area contributed by atoms with Crippen molar-refractivity contribution in [1.29, 1.82) is 0 Å². The first-order chi connectivity index (χ1) is 19.5. The van der Waals surface area contributed by atoms with E-state index in [1.165, 1.54) is 20.7 Å². The molecule has 5 rings (SSSR count). The van der Waals surface area contributed by atoms with Gasteiger partial charge < -0.3 is 14.5 Å². The highest BCUT2D eigenvalue weighted by atomic mass is 35.5. The highest BCUT2D eigenvalue weighted by Crippen LogP contribution is 2.40. The van der Waals surface area contributed by atoms with Crippen LogP contribution in [0.3, 0.4) is 0 Å². The first kappa shape index (κ1) is 30.1. The predicted octanol–water partition coefficient (Wildman–Crippen LogP) is 5.00. The van der Waals surface area contributed by atoms with E-state index in [0.29, 0.717) is 36.9 Å². The lowest BCUT2D eigenvalue weighted by atomic mass is 9.97. The molecule has 13 heteroatoms. The van der Waals surface area contributed by atoms with Crippen molar-refractivity contribution < 1.29 is 26.3 Å². The third kappa shape index (κ3) is 6.08. The molecule has 1 aromatic heterocycles. The number of hydrogen-bond acceptors (Lipinski definition) is 7. The molecule has 2 saturated heterocycles. The van der Waals surface area contributed by atoms with E-state index in [9.17, 15) is 16.8 Å². The Morgan fingerprint density at radius 1 is 0.854 bits per heavy atom. The van der Waals surface area contributed by atoms with Crippen molar-refractivity contribution in [2.75, 3.05) is 39.4 Å². The average molecular weight is 625 g/mol. The lowest BCUT2D eigenvalue weighted by Crippen LogP contribution is -2.39. The summed E-state index contributed by atoms with van der Waals surface area (Å²) in [6, 6.07) is 8.12. The number of ether oxygens (including phenoxy) is 2. The molecule has 0 amide bonds. The molecular formula is C28H37ClN4O6S2. The zero-order valence-corrected chi connectivity index (χ0v) is 26.0. The number of nitrogens with one attached hydrogen (secondary N) is 1. The minimum Gasteiger partial charge on any atom is -0.492 e. The number of aromatic nitrogens is 2. The number of hydrogen-bond donors (Lipinski definition) is 1. The maximum atomic E-state index is 14.0. The number of benzene rings is 2. The van der Waals surface area contributed by atoms with Gasteiger partial charge >= 0.3 is 0 Å². The van der Waals surface area contributed by atoms with E-state index in [1.54, 1.807) is 19.9 Å². The molecule has 0 radical (unpaired) electrons. The summed E-state index contributed by atoms with van der Waals surface area (Å²) in [6.07, 6.45) is 2.70. The van der Waals surface area contributed by atoms with Crippen LogP contribution in [-0.4, -0.2) is 74.8 Å². The number of aromatic amines is 1. The van der Waals surface area contributed by atoms with Gasteiger partial charge in [-0.05, 0) is 63.6 Å². The topological polar surface area (TPSA) is 122 Å². The Bertz CT molecular complexity index is 1610. The Morgan fingerprint density at radius 2 is 1.37 bits per heavy atom. The fourth-order valence-electron chi connectivity index (χ4n) is 5.53. The summed E-state index contributed by atoms with van der Waals surface area (Å²) in [4.78, 5) is 7.86. The van der Waals surface area contributed by atoms with Gasteiger partial charge in [-0.25, -0.2) is 21.8 Å². The SMILES string of the molecule is CCOc1cc(S(=O)(=O)N2CCC(c3nc4ccc(Cl)cc4[nH]3)CC2)c(OCC)cc1S(=O)(=O)N1CCC(C)CC1. The van der Waals surface area contributed by atoms with Crippen LogP contribution < -0.4 is 9.47 Å². The van der Waals surface area contributed by atoms with Gasteiger partial charge in [0.25, 0.3) is 0 Å². The highest BCUT2D eigenvalue weighted by Gasteiger charge is 2.37. The van der Waals surface area contributed by atoms with Crippen molar-refractivity contribution in [3.8, 4) is 11.5 Å². The summed E-state index contributed by atoms with van der Waals surface area (Å²) < 4.78 is 69.6. The van der Waals surface area contributed by atoms with Crippen LogP contribution >= 0.6 is 11.6 Å². The highest BCUT2D eigenvalue weighted by molar-refractivity contribution is 7.89.